The van der Waals surface area contributed by atoms with Crippen LogP contribution in [0.25, 0.3) is 10.7 Å². The summed E-state index contributed by atoms with van der Waals surface area (Å²) < 4.78 is 1.93. The van der Waals surface area contributed by atoms with Crippen LogP contribution in [0.3, 0.4) is 0 Å². The minimum atomic E-state index is -0.379. The van der Waals surface area contributed by atoms with Crippen LogP contribution < -0.4 is 16.0 Å². The molecule has 2 heterocycles. The van der Waals surface area contributed by atoms with Crippen molar-refractivity contribution < 1.29 is 4.79 Å². The lowest BCUT2D eigenvalue weighted by molar-refractivity contribution is -0.124. The number of aryl methyl sites for hydroxylation is 1. The molecular formula is C28H33N7O. The highest BCUT2D eigenvalue weighted by Crippen LogP contribution is 2.34. The number of aromatic nitrogens is 3. The van der Waals surface area contributed by atoms with Gasteiger partial charge in [-0.25, -0.2) is 4.85 Å². The van der Waals surface area contributed by atoms with Crippen LogP contribution in [0.1, 0.15) is 62.1 Å². The number of hydrogen-bond acceptors (Lipinski definition) is 5. The zero-order valence-corrected chi connectivity index (χ0v) is 20.7. The fourth-order valence-corrected chi connectivity index (χ4v) is 5.55. The van der Waals surface area contributed by atoms with E-state index in [0.29, 0.717) is 17.5 Å². The van der Waals surface area contributed by atoms with E-state index in [4.69, 9.17) is 6.57 Å². The maximum absolute atomic E-state index is 13.8. The molecule has 2 aliphatic rings. The summed E-state index contributed by atoms with van der Waals surface area (Å²) in [6.45, 7) is 7.32. The number of anilines is 2. The van der Waals surface area contributed by atoms with Gasteiger partial charge in [0.25, 0.3) is 0 Å². The van der Waals surface area contributed by atoms with Crippen LogP contribution in [0.4, 0.5) is 17.5 Å². The molecule has 36 heavy (non-hydrogen) atoms. The smallest absolute Gasteiger partial charge is 0.243 e. The topological polar surface area (TPSA) is 88.2 Å². The van der Waals surface area contributed by atoms with Gasteiger partial charge in [-0.15, -0.1) is 0 Å². The summed E-state index contributed by atoms with van der Waals surface area (Å²) in [6.07, 6.45) is 12.3. The number of nitrogens with one attached hydrogen (secondary N) is 3. The molecule has 1 fully saturated rings. The van der Waals surface area contributed by atoms with E-state index in [1.165, 1.54) is 12.0 Å². The van der Waals surface area contributed by atoms with Gasteiger partial charge in [-0.3, -0.25) is 4.79 Å². The highest BCUT2D eigenvalue weighted by molar-refractivity contribution is 5.85. The van der Waals surface area contributed by atoms with Crippen molar-refractivity contribution >= 4 is 23.4 Å². The third-order valence-electron chi connectivity index (χ3n) is 7.40. The Morgan fingerprint density at radius 1 is 1.08 bits per heavy atom. The van der Waals surface area contributed by atoms with Gasteiger partial charge >= 0.3 is 0 Å². The minimum absolute atomic E-state index is 0.0149. The Hall–Kier alpha value is -3.86. The molecule has 2 aromatic heterocycles. The Morgan fingerprint density at radius 2 is 1.89 bits per heavy atom. The maximum Gasteiger partial charge on any atom is 0.243 e. The Bertz CT molecular complexity index is 1240. The first kappa shape index (κ1) is 23.9. The lowest BCUT2D eigenvalue weighted by Crippen LogP contribution is -2.47. The summed E-state index contributed by atoms with van der Waals surface area (Å²) in [5.74, 6) is 2.13. The minimum Gasteiger partial charge on any atom is -0.358 e. The Balaban J connectivity index is 1.41. The molecule has 5 rings (SSSR count). The van der Waals surface area contributed by atoms with Crippen molar-refractivity contribution in [2.75, 3.05) is 17.7 Å². The lowest BCUT2D eigenvalue weighted by Gasteiger charge is -2.33. The highest BCUT2D eigenvalue weighted by Gasteiger charge is 2.32. The second kappa shape index (κ2) is 10.8. The number of nitrogens with zero attached hydrogens (tertiary/aromatic N) is 4. The zero-order valence-electron chi connectivity index (χ0n) is 20.7. The van der Waals surface area contributed by atoms with Gasteiger partial charge < -0.3 is 20.5 Å². The molecule has 8 nitrogen and oxygen atoms in total. The Kier molecular flexibility index (Phi) is 7.17. The summed E-state index contributed by atoms with van der Waals surface area (Å²) in [6, 6.07) is 11.2. The van der Waals surface area contributed by atoms with Gasteiger partial charge in [0.15, 0.2) is 5.69 Å². The number of hydrogen-bond donors (Lipinski definition) is 3. The molecule has 0 unspecified atom stereocenters. The average Bonchev–Trinajstić information content (AvgIpc) is 3.47. The van der Waals surface area contributed by atoms with E-state index in [9.17, 15) is 4.79 Å². The molecule has 1 aromatic carbocycles. The fraction of sp³-hybridized carbons (Fsp3) is 0.429. The molecular weight excluding hydrogens is 450 g/mol. The van der Waals surface area contributed by atoms with Crippen molar-refractivity contribution in [1.82, 2.24) is 19.9 Å². The third kappa shape index (κ3) is 5.20. The second-order valence-electron chi connectivity index (χ2n) is 9.74. The predicted octanol–water partition coefficient (Wildman–Crippen LogP) is 5.41. The summed E-state index contributed by atoms with van der Waals surface area (Å²) in [5.41, 5.74) is 2.97. The van der Waals surface area contributed by atoms with Crippen molar-refractivity contribution in [2.24, 2.45) is 5.92 Å². The predicted molar refractivity (Wildman–Crippen MR) is 141 cm³/mol. The summed E-state index contributed by atoms with van der Waals surface area (Å²) in [7, 11) is 1.80. The van der Waals surface area contributed by atoms with Gasteiger partial charge in [0.05, 0.1) is 12.6 Å². The van der Waals surface area contributed by atoms with E-state index in [2.05, 4.69) is 30.8 Å². The molecule has 0 aliphatic heterocycles. The third-order valence-corrected chi connectivity index (χ3v) is 7.40. The molecule has 2 aliphatic carbocycles. The maximum atomic E-state index is 13.8. The summed E-state index contributed by atoms with van der Waals surface area (Å²) in [5, 5.41) is 9.90. The van der Waals surface area contributed by atoms with Crippen LogP contribution in [-0.2, 0) is 11.2 Å². The van der Waals surface area contributed by atoms with Crippen LogP contribution >= 0.6 is 0 Å². The van der Waals surface area contributed by atoms with Crippen LogP contribution in [0.2, 0.25) is 0 Å². The van der Waals surface area contributed by atoms with E-state index < -0.39 is 0 Å². The molecule has 0 saturated heterocycles. The number of carbonyl (C=O) groups excluding carboxylic acids is 1. The summed E-state index contributed by atoms with van der Waals surface area (Å²) in [4.78, 5) is 26.6. The Morgan fingerprint density at radius 3 is 2.64 bits per heavy atom. The highest BCUT2D eigenvalue weighted by atomic mass is 16.2. The molecule has 0 spiro atoms. The van der Waals surface area contributed by atoms with Gasteiger partial charge in [0.1, 0.15) is 17.7 Å². The number of benzene rings is 1. The van der Waals surface area contributed by atoms with Crippen molar-refractivity contribution in [3.63, 3.8) is 0 Å². The molecule has 1 amide bonds. The standard InChI is InChI=1S/C28H33N7O/c1-29-21-13-14-22-20(17-21)11-8-12-23(22)31-27(36)26(19-9-4-3-5-10-19)32-24-18-25(34-28(30-2)33-24)35-15-6-7-16-35/h6-7,13-19,23,26H,3-5,8-12H2,2H3,(H,31,36)(H2,30,32,33,34)/t23-,26+/m0/s1. The first-order chi connectivity index (χ1) is 17.6. The van der Waals surface area contributed by atoms with E-state index in [1.54, 1.807) is 7.05 Å². The monoisotopic (exact) mass is 483 g/mol. The molecule has 2 atom stereocenters. The van der Waals surface area contributed by atoms with E-state index in [-0.39, 0.29) is 23.9 Å². The molecule has 8 heteroatoms. The van der Waals surface area contributed by atoms with Gasteiger partial charge in [0.2, 0.25) is 11.9 Å². The van der Waals surface area contributed by atoms with Gasteiger partial charge in [-0.05, 0) is 55.7 Å². The van der Waals surface area contributed by atoms with Crippen molar-refractivity contribution in [1.29, 1.82) is 0 Å². The number of fused-ring (bicyclic) bond motifs is 1. The first-order valence-corrected chi connectivity index (χ1v) is 12.9. The number of carbonyl (C=O) groups is 1. The number of amides is 1. The van der Waals surface area contributed by atoms with Gasteiger partial charge in [-0.1, -0.05) is 43.0 Å². The quantitative estimate of drug-likeness (QED) is 0.391. The molecule has 186 valence electrons. The molecule has 3 N–H and O–H groups in total. The van der Waals surface area contributed by atoms with E-state index in [1.807, 2.05) is 53.4 Å². The zero-order chi connectivity index (χ0) is 24.9. The van der Waals surface area contributed by atoms with Gasteiger partial charge in [0, 0.05) is 25.5 Å². The first-order valence-electron chi connectivity index (χ1n) is 12.9. The van der Waals surface area contributed by atoms with Gasteiger partial charge in [-0.2, -0.15) is 9.97 Å². The fourth-order valence-electron chi connectivity index (χ4n) is 5.55. The van der Waals surface area contributed by atoms with Crippen LogP contribution in [0.5, 0.6) is 0 Å². The largest absolute Gasteiger partial charge is 0.358 e. The van der Waals surface area contributed by atoms with Crippen molar-refractivity contribution in [2.45, 2.75) is 63.5 Å². The van der Waals surface area contributed by atoms with Crippen molar-refractivity contribution in [3.05, 3.63) is 71.3 Å². The molecule has 0 radical (unpaired) electrons. The molecule has 1 saturated carbocycles. The van der Waals surface area contributed by atoms with Crippen LogP contribution in [-0.4, -0.2) is 33.5 Å². The lowest BCUT2D eigenvalue weighted by atomic mass is 9.82. The van der Waals surface area contributed by atoms with Crippen LogP contribution in [0, 0.1) is 12.5 Å². The SMILES string of the molecule is [C-]#[N+]c1ccc2c(c1)CCC[C@@H]2NC(=O)[C@H](Nc1cc(-n2cccc2)nc(NC)n1)C1CCCCC1. The normalized spacial score (nSPS) is 18.5. The number of rotatable bonds is 7. The van der Waals surface area contributed by atoms with E-state index in [0.717, 1.165) is 56.3 Å². The molecule has 0 bridgehead atoms. The molecule has 3 aromatic rings. The van der Waals surface area contributed by atoms with Crippen molar-refractivity contribution in [3.8, 4) is 5.82 Å². The second-order valence-corrected chi connectivity index (χ2v) is 9.74. The summed E-state index contributed by atoms with van der Waals surface area (Å²) >= 11 is 0. The Labute approximate surface area is 212 Å². The average molecular weight is 484 g/mol. The van der Waals surface area contributed by atoms with E-state index >= 15 is 0 Å². The van der Waals surface area contributed by atoms with Crippen LogP contribution in [0.15, 0.2) is 48.8 Å².